The second-order valence-corrected chi connectivity index (χ2v) is 9.41. The summed E-state index contributed by atoms with van der Waals surface area (Å²) in [7, 11) is 3.05. The fraction of sp³-hybridized carbons (Fsp3) is 0.625. The number of rotatable bonds is 4. The van der Waals surface area contributed by atoms with Crippen molar-refractivity contribution in [1.82, 2.24) is 9.80 Å². The largest absolute Gasteiger partial charge is 0.493 e. The quantitative estimate of drug-likeness (QED) is 0.665. The molecule has 0 radical (unpaired) electrons. The fourth-order valence-corrected chi connectivity index (χ4v) is 6.21. The van der Waals surface area contributed by atoms with Crippen molar-refractivity contribution >= 4 is 17.8 Å². The van der Waals surface area contributed by atoms with E-state index < -0.39 is 12.1 Å². The van der Waals surface area contributed by atoms with Crippen molar-refractivity contribution in [3.05, 3.63) is 23.8 Å². The number of esters is 1. The fourth-order valence-electron chi connectivity index (χ4n) is 6.21. The molecule has 0 aromatic heterocycles. The predicted molar refractivity (Wildman–Crippen MR) is 114 cm³/mol. The number of fused-ring (bicyclic) bond motifs is 6. The molecule has 5 rings (SSSR count). The van der Waals surface area contributed by atoms with Gasteiger partial charge in [0.2, 0.25) is 11.8 Å². The van der Waals surface area contributed by atoms with Crippen molar-refractivity contribution in [3.8, 4) is 11.5 Å². The first-order chi connectivity index (χ1) is 15.5. The molecule has 32 heavy (non-hydrogen) atoms. The van der Waals surface area contributed by atoms with E-state index in [1.807, 2.05) is 4.90 Å². The van der Waals surface area contributed by atoms with Gasteiger partial charge in [-0.05, 0) is 49.3 Å². The van der Waals surface area contributed by atoms with Crippen LogP contribution in [0.1, 0.15) is 48.9 Å². The van der Waals surface area contributed by atoms with Crippen LogP contribution < -0.4 is 9.47 Å². The standard InChI is InChI=1S/C24H30N2O6/c1-30-20-7-6-14(9-21(20)31-2)24(29)32-17-10-19-16-8-15(12-26(19)23(28)11-17)18-4-3-5-22(27)25(18)13-16/h6-7,9,15-19H,3-5,8,10-13H2,1-2H3. The number of hydrogen-bond acceptors (Lipinski definition) is 6. The van der Waals surface area contributed by atoms with Crippen LogP contribution in [-0.4, -0.2) is 73.1 Å². The Kier molecular flexibility index (Phi) is 5.47. The number of benzene rings is 1. The summed E-state index contributed by atoms with van der Waals surface area (Å²) >= 11 is 0. The van der Waals surface area contributed by atoms with E-state index in [4.69, 9.17) is 14.2 Å². The van der Waals surface area contributed by atoms with E-state index in [0.29, 0.717) is 48.9 Å². The Morgan fingerprint density at radius 2 is 1.66 bits per heavy atom. The Bertz CT molecular complexity index is 933. The molecule has 2 bridgehead atoms. The number of piperidine rings is 4. The topological polar surface area (TPSA) is 85.4 Å². The maximum Gasteiger partial charge on any atom is 0.338 e. The average Bonchev–Trinajstić information content (AvgIpc) is 2.80. The smallest absolute Gasteiger partial charge is 0.338 e. The lowest BCUT2D eigenvalue weighted by Gasteiger charge is -2.57. The lowest BCUT2D eigenvalue weighted by atomic mass is 9.70. The second kappa shape index (κ2) is 8.30. The van der Waals surface area contributed by atoms with Crippen molar-refractivity contribution in [2.24, 2.45) is 11.8 Å². The van der Waals surface area contributed by atoms with Crippen molar-refractivity contribution in [2.45, 2.75) is 56.7 Å². The Morgan fingerprint density at radius 3 is 2.41 bits per heavy atom. The maximum absolute atomic E-state index is 13.0. The van der Waals surface area contributed by atoms with Gasteiger partial charge in [-0.3, -0.25) is 9.59 Å². The van der Waals surface area contributed by atoms with Gasteiger partial charge in [0.1, 0.15) is 6.10 Å². The highest BCUT2D eigenvalue weighted by molar-refractivity contribution is 5.90. The summed E-state index contributed by atoms with van der Waals surface area (Å²) in [4.78, 5) is 42.4. The zero-order valence-corrected chi connectivity index (χ0v) is 18.6. The van der Waals surface area contributed by atoms with Crippen molar-refractivity contribution < 1.29 is 28.6 Å². The number of ether oxygens (including phenoxy) is 3. The van der Waals surface area contributed by atoms with Crippen LogP contribution in [0.5, 0.6) is 11.5 Å². The van der Waals surface area contributed by atoms with E-state index in [0.717, 1.165) is 19.3 Å². The summed E-state index contributed by atoms with van der Waals surface area (Å²) in [6.45, 7) is 1.43. The number of nitrogens with zero attached hydrogens (tertiary/aromatic N) is 2. The van der Waals surface area contributed by atoms with Gasteiger partial charge >= 0.3 is 5.97 Å². The zero-order valence-electron chi connectivity index (χ0n) is 18.6. The number of carbonyl (C=O) groups excluding carboxylic acids is 3. The SMILES string of the molecule is COc1ccc(C(=O)OC2CC(=O)N3CC4CC(CN5C(=O)CCCC45)C3C2)cc1OC. The summed E-state index contributed by atoms with van der Waals surface area (Å²) in [5.41, 5.74) is 0.362. The van der Waals surface area contributed by atoms with E-state index in [9.17, 15) is 14.4 Å². The van der Waals surface area contributed by atoms with Gasteiger partial charge in [0.25, 0.3) is 0 Å². The molecule has 8 nitrogen and oxygen atoms in total. The first kappa shape index (κ1) is 21.1. The van der Waals surface area contributed by atoms with E-state index >= 15 is 0 Å². The molecule has 0 spiro atoms. The average molecular weight is 443 g/mol. The third-order valence-electron chi connectivity index (χ3n) is 7.69. The van der Waals surface area contributed by atoms with E-state index in [1.165, 1.54) is 14.2 Å². The molecule has 2 amide bonds. The third kappa shape index (κ3) is 3.59. The molecule has 0 N–H and O–H groups in total. The highest BCUT2D eigenvalue weighted by atomic mass is 16.5. The molecule has 5 unspecified atom stereocenters. The van der Waals surface area contributed by atoms with Gasteiger partial charge in [0.15, 0.2) is 11.5 Å². The minimum Gasteiger partial charge on any atom is -0.493 e. The van der Waals surface area contributed by atoms with Gasteiger partial charge in [-0.2, -0.15) is 0 Å². The highest BCUT2D eigenvalue weighted by Gasteiger charge is 2.51. The Labute approximate surface area is 187 Å². The lowest BCUT2D eigenvalue weighted by Crippen LogP contribution is -2.66. The first-order valence-electron chi connectivity index (χ1n) is 11.5. The summed E-state index contributed by atoms with van der Waals surface area (Å²) < 4.78 is 16.3. The van der Waals surface area contributed by atoms with Crippen LogP contribution in [0, 0.1) is 11.8 Å². The molecule has 4 saturated heterocycles. The molecule has 4 aliphatic heterocycles. The molecular formula is C24H30N2O6. The monoisotopic (exact) mass is 442 g/mol. The minimum atomic E-state index is -0.471. The molecule has 4 heterocycles. The maximum atomic E-state index is 13.0. The van der Waals surface area contributed by atoms with Crippen LogP contribution in [0.3, 0.4) is 0 Å². The molecule has 4 aliphatic rings. The Morgan fingerprint density at radius 1 is 0.938 bits per heavy atom. The Balaban J connectivity index is 1.29. The molecular weight excluding hydrogens is 412 g/mol. The van der Waals surface area contributed by atoms with Gasteiger partial charge < -0.3 is 24.0 Å². The molecule has 4 fully saturated rings. The first-order valence-corrected chi connectivity index (χ1v) is 11.5. The molecule has 8 heteroatoms. The van der Waals surface area contributed by atoms with Gasteiger partial charge in [-0.15, -0.1) is 0 Å². The predicted octanol–water partition coefficient (Wildman–Crippen LogP) is 2.25. The number of hydrogen-bond donors (Lipinski definition) is 0. The lowest BCUT2D eigenvalue weighted by molar-refractivity contribution is -0.161. The zero-order chi connectivity index (χ0) is 22.4. The van der Waals surface area contributed by atoms with Crippen LogP contribution in [0.4, 0.5) is 0 Å². The minimum absolute atomic E-state index is 0.0198. The van der Waals surface area contributed by atoms with Gasteiger partial charge in [-0.1, -0.05) is 0 Å². The third-order valence-corrected chi connectivity index (χ3v) is 7.69. The molecule has 1 aromatic rings. The normalized spacial score (nSPS) is 31.5. The van der Waals surface area contributed by atoms with Gasteiger partial charge in [-0.25, -0.2) is 4.79 Å². The second-order valence-electron chi connectivity index (χ2n) is 9.41. The van der Waals surface area contributed by atoms with Crippen LogP contribution in [0.15, 0.2) is 18.2 Å². The van der Waals surface area contributed by atoms with Gasteiger partial charge in [0.05, 0.1) is 26.2 Å². The summed E-state index contributed by atoms with van der Waals surface area (Å²) in [6.07, 6.45) is 4.04. The van der Waals surface area contributed by atoms with Crippen molar-refractivity contribution in [3.63, 3.8) is 0 Å². The van der Waals surface area contributed by atoms with Crippen LogP contribution >= 0.6 is 0 Å². The van der Waals surface area contributed by atoms with Crippen molar-refractivity contribution in [1.29, 1.82) is 0 Å². The van der Waals surface area contributed by atoms with Crippen LogP contribution in [0.25, 0.3) is 0 Å². The summed E-state index contributed by atoms with van der Waals surface area (Å²) in [5, 5.41) is 0. The van der Waals surface area contributed by atoms with Crippen LogP contribution in [-0.2, 0) is 14.3 Å². The van der Waals surface area contributed by atoms with E-state index in [-0.39, 0.29) is 36.2 Å². The van der Waals surface area contributed by atoms with Gasteiger partial charge in [0, 0.05) is 38.0 Å². The molecule has 0 saturated carbocycles. The molecule has 172 valence electrons. The number of amides is 2. The summed E-state index contributed by atoms with van der Waals surface area (Å²) in [5.74, 6) is 1.43. The molecule has 1 aromatic carbocycles. The molecule has 0 aliphatic carbocycles. The molecule has 5 atom stereocenters. The van der Waals surface area contributed by atoms with Crippen LogP contribution in [0.2, 0.25) is 0 Å². The Hall–Kier alpha value is -2.77. The number of methoxy groups -OCH3 is 2. The number of carbonyl (C=O) groups is 3. The summed E-state index contributed by atoms with van der Waals surface area (Å²) in [6, 6.07) is 5.19. The highest BCUT2D eigenvalue weighted by Crippen LogP contribution is 2.43. The van der Waals surface area contributed by atoms with E-state index in [1.54, 1.807) is 18.2 Å². The van der Waals surface area contributed by atoms with Crippen molar-refractivity contribution in [2.75, 3.05) is 27.3 Å². The van der Waals surface area contributed by atoms with E-state index in [2.05, 4.69) is 4.90 Å².